The highest BCUT2D eigenvalue weighted by Crippen LogP contribution is 2.67. The van der Waals surface area contributed by atoms with Crippen LogP contribution in [0.3, 0.4) is 0 Å². The van der Waals surface area contributed by atoms with Gasteiger partial charge in [0, 0.05) is 61.2 Å². The maximum Gasteiger partial charge on any atom is 0.0626 e. The van der Waals surface area contributed by atoms with Gasteiger partial charge in [-0.2, -0.15) is 0 Å². The molecule has 111 heavy (non-hydrogen) atoms. The second-order valence-corrected chi connectivity index (χ2v) is 31.2. The number of anilines is 6. The minimum atomic E-state index is -0.587. The van der Waals surface area contributed by atoms with E-state index < -0.39 is 5.41 Å². The predicted molar refractivity (Wildman–Crippen MR) is 468 cm³/mol. The molecule has 0 aromatic heterocycles. The molecule has 0 heterocycles. The van der Waals surface area contributed by atoms with Gasteiger partial charge in [-0.1, -0.05) is 341 Å². The van der Waals surface area contributed by atoms with Gasteiger partial charge in [-0.05, 0) is 208 Å². The Hall–Kier alpha value is -14.2. The Morgan fingerprint density at radius 3 is 0.775 bits per heavy atom. The number of rotatable bonds is 11. The molecule has 0 bridgehead atoms. The van der Waals surface area contributed by atoms with Crippen LogP contribution < -0.4 is 9.80 Å². The summed E-state index contributed by atoms with van der Waals surface area (Å²) < 4.78 is 0. The van der Waals surface area contributed by atoms with Crippen molar-refractivity contribution in [2.75, 3.05) is 9.80 Å². The molecular weight excluding hydrogens is 1340 g/mol. The number of hydrogen-bond donors (Lipinski definition) is 0. The van der Waals surface area contributed by atoms with Crippen molar-refractivity contribution in [3.63, 3.8) is 0 Å². The fourth-order valence-corrected chi connectivity index (χ4v) is 20.4. The van der Waals surface area contributed by atoms with Gasteiger partial charge in [-0.3, -0.25) is 0 Å². The lowest BCUT2D eigenvalue weighted by Gasteiger charge is -2.36. The van der Waals surface area contributed by atoms with Crippen LogP contribution in [0.15, 0.2) is 376 Å². The number of hydrogen-bond acceptors (Lipinski definition) is 2. The molecule has 0 atom stereocenters. The summed E-state index contributed by atoms with van der Waals surface area (Å²) in [6.07, 6.45) is 0. The van der Waals surface area contributed by atoms with Crippen molar-refractivity contribution in [3.8, 4) is 156 Å². The van der Waals surface area contributed by atoms with E-state index >= 15 is 0 Å². The van der Waals surface area contributed by atoms with Crippen LogP contribution >= 0.6 is 0 Å². The summed E-state index contributed by atoms with van der Waals surface area (Å²) in [6, 6.07) is 143. The Morgan fingerprint density at radius 2 is 0.450 bits per heavy atom. The summed E-state index contributed by atoms with van der Waals surface area (Å²) in [4.78, 5) is 5.54. The zero-order valence-corrected chi connectivity index (χ0v) is 61.2. The van der Waals surface area contributed by atoms with E-state index in [1.165, 1.54) is 165 Å². The van der Waals surface area contributed by atoms with E-state index in [9.17, 15) is 0 Å². The molecule has 0 saturated carbocycles. The maximum absolute atomic E-state index is 2.79. The molecule has 0 amide bonds. The van der Waals surface area contributed by atoms with Crippen LogP contribution in [0.5, 0.6) is 0 Å². The van der Waals surface area contributed by atoms with Gasteiger partial charge in [0.2, 0.25) is 0 Å². The lowest BCUT2D eigenvalue weighted by molar-refractivity contribution is 0.660. The van der Waals surface area contributed by atoms with Crippen molar-refractivity contribution in [2.45, 2.75) is 19.3 Å². The van der Waals surface area contributed by atoms with Gasteiger partial charge in [0.15, 0.2) is 0 Å². The molecule has 0 N–H and O–H groups in total. The van der Waals surface area contributed by atoms with E-state index in [4.69, 9.17) is 0 Å². The first kappa shape index (κ1) is 61.9. The van der Waals surface area contributed by atoms with Gasteiger partial charge in [0.05, 0.1) is 28.4 Å². The van der Waals surface area contributed by atoms with Gasteiger partial charge in [-0.25, -0.2) is 0 Å². The van der Waals surface area contributed by atoms with E-state index in [-0.39, 0.29) is 0 Å². The first-order chi connectivity index (χ1) is 54.9. The summed E-state index contributed by atoms with van der Waals surface area (Å²) in [6.45, 7) is 5.01. The second kappa shape index (κ2) is 23.4. The third-order valence-electron chi connectivity index (χ3n) is 25.1. The molecule has 514 valence electrons. The van der Waals surface area contributed by atoms with Crippen LogP contribution in [0.25, 0.3) is 199 Å². The normalized spacial score (nSPS) is 12.8. The van der Waals surface area contributed by atoms with Crippen LogP contribution in [0.2, 0.25) is 0 Å². The third kappa shape index (κ3) is 8.73. The van der Waals surface area contributed by atoms with Crippen LogP contribution in [-0.4, -0.2) is 0 Å². The Labute approximate surface area is 645 Å². The smallest absolute Gasteiger partial charge is 0.0626 e. The van der Waals surface area contributed by atoms with E-state index in [1.54, 1.807) is 0 Å². The molecule has 2 nitrogen and oxygen atoms in total. The first-order valence-electron chi connectivity index (χ1n) is 38.9. The van der Waals surface area contributed by atoms with Crippen molar-refractivity contribution in [3.05, 3.63) is 387 Å². The molecule has 0 aliphatic heterocycles. The number of fused-ring (bicyclic) bond motifs is 15. The summed E-state index contributed by atoms with van der Waals surface area (Å²) >= 11 is 0. The Kier molecular flexibility index (Phi) is 13.1. The molecule has 19 aromatic rings. The second-order valence-electron chi connectivity index (χ2n) is 31.2. The van der Waals surface area contributed by atoms with Crippen molar-refractivity contribution in [2.24, 2.45) is 0 Å². The zero-order valence-electron chi connectivity index (χ0n) is 61.2. The molecule has 5 aliphatic rings. The Morgan fingerprint density at radius 1 is 0.180 bits per heavy atom. The quantitative estimate of drug-likeness (QED) is 0.127. The Bertz CT molecular complexity index is 6900. The largest absolute Gasteiger partial charge is 0.308 e. The molecule has 0 unspecified atom stereocenters. The monoisotopic (exact) mass is 1400 g/mol. The molecule has 19 aromatic carbocycles. The topological polar surface area (TPSA) is 6.48 Å². The highest BCUT2D eigenvalue weighted by atomic mass is 15.2. The first-order valence-corrected chi connectivity index (χ1v) is 38.9. The highest BCUT2D eigenvalue weighted by Gasteiger charge is 2.43. The number of nitrogens with zero attached hydrogens (tertiary/aromatic N) is 2. The fraction of sp³-hybridized carbons (Fsp3) is 0.0275. The average Bonchev–Trinajstić information content (AvgIpc) is 1.57. The Balaban J connectivity index is 0.834. The molecule has 5 aliphatic carbocycles. The van der Waals surface area contributed by atoms with Crippen molar-refractivity contribution < 1.29 is 0 Å². The minimum Gasteiger partial charge on any atom is -0.308 e. The van der Waals surface area contributed by atoms with Gasteiger partial charge in [0.25, 0.3) is 0 Å². The van der Waals surface area contributed by atoms with Crippen LogP contribution in [0.4, 0.5) is 34.1 Å². The molecule has 0 saturated heterocycles. The summed E-state index contributed by atoms with van der Waals surface area (Å²) in [5, 5.41) is 9.97. The average molecular weight is 1410 g/mol. The van der Waals surface area contributed by atoms with Gasteiger partial charge >= 0.3 is 0 Å². The lowest BCUT2D eigenvalue weighted by atomic mass is 9.81. The van der Waals surface area contributed by atoms with Crippen molar-refractivity contribution >= 4 is 77.2 Å². The highest BCUT2D eigenvalue weighted by molar-refractivity contribution is 6.30. The van der Waals surface area contributed by atoms with Crippen LogP contribution in [-0.2, 0) is 5.41 Å². The van der Waals surface area contributed by atoms with E-state index in [2.05, 4.69) is 400 Å². The molecule has 0 radical (unpaired) electrons. The van der Waals surface area contributed by atoms with E-state index in [1.807, 2.05) is 0 Å². The van der Waals surface area contributed by atoms with Crippen LogP contribution in [0.1, 0.15) is 25.0 Å². The predicted octanol–water partition coefficient (Wildman–Crippen LogP) is 30.5. The van der Waals surface area contributed by atoms with Crippen molar-refractivity contribution in [1.29, 1.82) is 0 Å². The van der Waals surface area contributed by atoms with Gasteiger partial charge in [-0.15, -0.1) is 0 Å². The van der Waals surface area contributed by atoms with E-state index in [0.29, 0.717) is 0 Å². The summed E-state index contributed by atoms with van der Waals surface area (Å²) in [7, 11) is 0. The molecule has 2 heteroatoms. The van der Waals surface area contributed by atoms with Gasteiger partial charge < -0.3 is 9.80 Å². The molecule has 24 rings (SSSR count). The van der Waals surface area contributed by atoms with Gasteiger partial charge in [0.1, 0.15) is 0 Å². The third-order valence-corrected chi connectivity index (χ3v) is 25.1. The standard InChI is InChI=1S/C109H68N2/c1-109(2)94-62-74(110(105-89(66-32-10-4-11-33-66)58-70-40-26-52-80-75-44-18-22-48-84(75)101(105)97(70)80)106-90(67-34-12-5-13-35-67)59-71-41-27-53-81-76-45-19-23-49-85(76)102(106)98(71)81)56-57-79(94)93-63-88(65-30-8-3-9-31-65)96(64-95(93)109)111(107-91(68-36-14-6-15-37-68)60-72-42-28-54-82-77-46-20-24-50-86(77)103(107)99(72)82)108-92(69-38-16-7-17-39-69)61-73-43-29-55-83-78-47-21-25-51-87(78)104(108)100(73)83/h3-64H,1-2H3. The van der Waals surface area contributed by atoms with E-state index in [0.717, 1.165) is 78.6 Å². The number of benzene rings is 19. The molecule has 0 spiro atoms. The maximum atomic E-state index is 2.79. The van der Waals surface area contributed by atoms with Crippen LogP contribution in [0, 0.1) is 0 Å². The zero-order chi connectivity index (χ0) is 72.9. The summed E-state index contributed by atoms with van der Waals surface area (Å²) in [5.74, 6) is 0. The minimum absolute atomic E-state index is 0.587. The lowest BCUT2D eigenvalue weighted by Crippen LogP contribution is -2.20. The van der Waals surface area contributed by atoms with Crippen molar-refractivity contribution in [1.82, 2.24) is 0 Å². The SMILES string of the molecule is CC1(C)c2cc(N(c3c(-c4ccccc4)cc4cccc5c4c3-c3ccccc3-5)c3c(-c4ccccc4)cc4cccc5c4c3-c3ccccc3-5)ccc2-c2cc(-c3ccccc3)c(N(c3c(-c4ccccc4)cc4cccc5c4c3-c3ccccc3-5)c3c(-c4ccccc4)cc4cccc5c4c3-c3ccccc3-5)cc21. The summed E-state index contributed by atoms with van der Waals surface area (Å²) in [5.41, 5.74) is 42.7. The molecule has 0 fully saturated rings. The molecular formula is C109H68N2. The fourth-order valence-electron chi connectivity index (χ4n) is 20.4.